The van der Waals surface area contributed by atoms with E-state index in [1.54, 1.807) is 6.20 Å². The fraction of sp³-hybridized carbons (Fsp3) is 0.643. The van der Waals surface area contributed by atoms with Crippen molar-refractivity contribution in [1.29, 1.82) is 0 Å². The molecule has 1 saturated heterocycles. The van der Waals surface area contributed by atoms with Crippen molar-refractivity contribution in [3.8, 4) is 0 Å². The summed E-state index contributed by atoms with van der Waals surface area (Å²) in [5, 5.41) is 3.46. The number of nitrogens with zero attached hydrogens (tertiary/aromatic N) is 1. The lowest BCUT2D eigenvalue weighted by atomic mass is 9.93. The van der Waals surface area contributed by atoms with Gasteiger partial charge >= 0.3 is 0 Å². The number of hydrogen-bond donors (Lipinski definition) is 1. The Morgan fingerprint density at radius 1 is 1.53 bits per heavy atom. The van der Waals surface area contributed by atoms with Crippen molar-refractivity contribution in [3.05, 3.63) is 29.6 Å². The standard InChI is InChI=1S/C14H22N2O2S/c1-3-16-14(13-9-15-6-4-11(13)2)8-12-5-7-19(17,18)10-12/h4,6,9,12,14,16H,3,5,7-8,10H2,1-2H3. The van der Waals surface area contributed by atoms with Gasteiger partial charge in [-0.05, 0) is 49.4 Å². The molecule has 0 aliphatic carbocycles. The van der Waals surface area contributed by atoms with Crippen molar-refractivity contribution in [2.45, 2.75) is 32.7 Å². The zero-order chi connectivity index (χ0) is 13.9. The predicted octanol–water partition coefficient (Wildman–Crippen LogP) is 1.87. The van der Waals surface area contributed by atoms with Crippen molar-refractivity contribution in [3.63, 3.8) is 0 Å². The molecular weight excluding hydrogens is 260 g/mol. The van der Waals surface area contributed by atoms with E-state index in [-0.39, 0.29) is 12.0 Å². The second-order valence-electron chi connectivity index (χ2n) is 5.35. The van der Waals surface area contributed by atoms with Gasteiger partial charge in [0.05, 0.1) is 11.5 Å². The molecule has 0 saturated carbocycles. The number of sulfone groups is 1. The molecule has 1 fully saturated rings. The van der Waals surface area contributed by atoms with Crippen LogP contribution in [0.15, 0.2) is 18.5 Å². The Morgan fingerprint density at radius 2 is 2.32 bits per heavy atom. The first-order valence-electron chi connectivity index (χ1n) is 6.86. The van der Waals surface area contributed by atoms with Crippen molar-refractivity contribution in [2.24, 2.45) is 5.92 Å². The number of aryl methyl sites for hydroxylation is 1. The van der Waals surface area contributed by atoms with Crippen molar-refractivity contribution < 1.29 is 8.42 Å². The third-order valence-electron chi connectivity index (χ3n) is 3.80. The average Bonchev–Trinajstić information content (AvgIpc) is 2.69. The number of hydrogen-bond acceptors (Lipinski definition) is 4. The molecule has 2 rings (SSSR count). The van der Waals surface area contributed by atoms with Crippen LogP contribution in [0.25, 0.3) is 0 Å². The average molecular weight is 282 g/mol. The van der Waals surface area contributed by atoms with Gasteiger partial charge in [-0.3, -0.25) is 4.98 Å². The minimum absolute atomic E-state index is 0.206. The topological polar surface area (TPSA) is 59.1 Å². The van der Waals surface area contributed by atoms with E-state index < -0.39 is 9.84 Å². The van der Waals surface area contributed by atoms with Crippen LogP contribution >= 0.6 is 0 Å². The van der Waals surface area contributed by atoms with Gasteiger partial charge in [-0.15, -0.1) is 0 Å². The molecule has 1 aromatic heterocycles. The van der Waals surface area contributed by atoms with Gasteiger partial charge in [0.2, 0.25) is 0 Å². The van der Waals surface area contributed by atoms with Crippen LogP contribution in [0.1, 0.15) is 36.9 Å². The zero-order valence-electron chi connectivity index (χ0n) is 11.6. The molecule has 4 nitrogen and oxygen atoms in total. The first-order valence-corrected chi connectivity index (χ1v) is 8.68. The Kier molecular flexibility index (Phi) is 4.58. The largest absolute Gasteiger partial charge is 0.310 e. The summed E-state index contributed by atoms with van der Waals surface area (Å²) < 4.78 is 23.1. The van der Waals surface area contributed by atoms with Crippen LogP contribution in [0, 0.1) is 12.8 Å². The molecule has 0 radical (unpaired) electrons. The van der Waals surface area contributed by atoms with E-state index in [1.807, 2.05) is 12.3 Å². The highest BCUT2D eigenvalue weighted by Gasteiger charge is 2.30. The molecule has 1 aliphatic heterocycles. The summed E-state index contributed by atoms with van der Waals surface area (Å²) in [6.45, 7) is 5.02. The molecule has 1 N–H and O–H groups in total. The van der Waals surface area contributed by atoms with Crippen LogP contribution in [0.3, 0.4) is 0 Å². The molecule has 1 aliphatic rings. The first-order chi connectivity index (χ1) is 9.02. The Hall–Kier alpha value is -0.940. The molecule has 19 heavy (non-hydrogen) atoms. The summed E-state index contributed by atoms with van der Waals surface area (Å²) in [5.74, 6) is 0.963. The van der Waals surface area contributed by atoms with Gasteiger partial charge < -0.3 is 5.32 Å². The van der Waals surface area contributed by atoms with Gasteiger partial charge in [0.25, 0.3) is 0 Å². The maximum absolute atomic E-state index is 11.6. The minimum Gasteiger partial charge on any atom is -0.310 e. The van der Waals surface area contributed by atoms with Crippen LogP contribution < -0.4 is 5.32 Å². The van der Waals surface area contributed by atoms with Crippen LogP contribution in [-0.4, -0.2) is 31.5 Å². The molecule has 2 heterocycles. The van der Waals surface area contributed by atoms with Crippen LogP contribution in [-0.2, 0) is 9.84 Å². The molecule has 0 bridgehead atoms. The third-order valence-corrected chi connectivity index (χ3v) is 5.64. The summed E-state index contributed by atoms with van der Waals surface area (Å²) >= 11 is 0. The number of rotatable bonds is 5. The molecule has 0 spiro atoms. The monoisotopic (exact) mass is 282 g/mol. The maximum atomic E-state index is 11.6. The van der Waals surface area contributed by atoms with Crippen molar-refractivity contribution in [1.82, 2.24) is 10.3 Å². The van der Waals surface area contributed by atoms with Crippen LogP contribution in [0.5, 0.6) is 0 Å². The second-order valence-corrected chi connectivity index (χ2v) is 7.58. The quantitative estimate of drug-likeness (QED) is 0.895. The lowest BCUT2D eigenvalue weighted by molar-refractivity contribution is 0.420. The predicted molar refractivity (Wildman–Crippen MR) is 76.8 cm³/mol. The summed E-state index contributed by atoms with van der Waals surface area (Å²) in [5.41, 5.74) is 2.40. The molecule has 2 unspecified atom stereocenters. The van der Waals surface area contributed by atoms with Crippen molar-refractivity contribution >= 4 is 9.84 Å². The molecule has 5 heteroatoms. The lowest BCUT2D eigenvalue weighted by Crippen LogP contribution is -2.24. The van der Waals surface area contributed by atoms with Gasteiger partial charge in [-0.25, -0.2) is 8.42 Å². The summed E-state index contributed by atoms with van der Waals surface area (Å²) in [6.07, 6.45) is 5.36. The van der Waals surface area contributed by atoms with E-state index in [2.05, 4.69) is 24.1 Å². The fourth-order valence-corrected chi connectivity index (χ4v) is 4.68. The SMILES string of the molecule is CCNC(CC1CCS(=O)(=O)C1)c1cnccc1C. The van der Waals surface area contributed by atoms with E-state index in [0.717, 1.165) is 19.4 Å². The number of aromatic nitrogens is 1. The molecule has 106 valence electrons. The number of nitrogens with one attached hydrogen (secondary N) is 1. The Labute approximate surface area is 115 Å². The van der Waals surface area contributed by atoms with Crippen LogP contribution in [0.4, 0.5) is 0 Å². The molecule has 2 atom stereocenters. The van der Waals surface area contributed by atoms with Crippen LogP contribution in [0.2, 0.25) is 0 Å². The van der Waals surface area contributed by atoms with E-state index in [9.17, 15) is 8.42 Å². The second kappa shape index (κ2) is 6.01. The summed E-state index contributed by atoms with van der Waals surface area (Å²) in [4.78, 5) is 4.19. The minimum atomic E-state index is -2.79. The zero-order valence-corrected chi connectivity index (χ0v) is 12.4. The highest BCUT2D eigenvalue weighted by Crippen LogP contribution is 2.29. The normalized spacial score (nSPS) is 23.4. The number of pyridine rings is 1. The van der Waals surface area contributed by atoms with E-state index in [0.29, 0.717) is 11.5 Å². The smallest absolute Gasteiger partial charge is 0.150 e. The third kappa shape index (κ3) is 3.76. The maximum Gasteiger partial charge on any atom is 0.150 e. The van der Waals surface area contributed by atoms with E-state index in [4.69, 9.17) is 0 Å². The molecule has 1 aromatic rings. The summed E-state index contributed by atoms with van der Waals surface area (Å²) in [6, 6.07) is 2.21. The Bertz CT molecular complexity index is 528. The fourth-order valence-electron chi connectivity index (χ4n) is 2.80. The van der Waals surface area contributed by atoms with E-state index in [1.165, 1.54) is 11.1 Å². The summed E-state index contributed by atoms with van der Waals surface area (Å²) in [7, 11) is -2.79. The molecule has 0 amide bonds. The lowest BCUT2D eigenvalue weighted by Gasteiger charge is -2.22. The van der Waals surface area contributed by atoms with Gasteiger partial charge in [0, 0.05) is 18.4 Å². The Morgan fingerprint density at radius 3 is 2.89 bits per heavy atom. The highest BCUT2D eigenvalue weighted by atomic mass is 32.2. The van der Waals surface area contributed by atoms with Gasteiger partial charge in [0.15, 0.2) is 9.84 Å². The molecular formula is C14H22N2O2S. The van der Waals surface area contributed by atoms with Gasteiger partial charge in [-0.1, -0.05) is 6.92 Å². The van der Waals surface area contributed by atoms with Gasteiger partial charge in [0.1, 0.15) is 0 Å². The Balaban J connectivity index is 2.11. The van der Waals surface area contributed by atoms with Crippen molar-refractivity contribution in [2.75, 3.05) is 18.1 Å². The van der Waals surface area contributed by atoms with E-state index >= 15 is 0 Å². The first kappa shape index (κ1) is 14.5. The molecule has 0 aromatic carbocycles. The highest BCUT2D eigenvalue weighted by molar-refractivity contribution is 7.91. The van der Waals surface area contributed by atoms with Gasteiger partial charge in [-0.2, -0.15) is 0 Å².